The lowest BCUT2D eigenvalue weighted by atomic mass is 10.1. The summed E-state index contributed by atoms with van der Waals surface area (Å²) in [6.07, 6.45) is 2.26. The molecule has 0 aliphatic heterocycles. The van der Waals surface area contributed by atoms with Crippen molar-refractivity contribution in [3.8, 4) is 0 Å². The zero-order valence-corrected chi connectivity index (χ0v) is 13.9. The van der Waals surface area contributed by atoms with Crippen LogP contribution in [0.1, 0.15) is 41.6 Å². The summed E-state index contributed by atoms with van der Waals surface area (Å²) in [6, 6.07) is 4.73. The van der Waals surface area contributed by atoms with Gasteiger partial charge in [-0.15, -0.1) is 22.7 Å². The van der Waals surface area contributed by atoms with Crippen molar-refractivity contribution < 1.29 is 0 Å². The van der Waals surface area contributed by atoms with E-state index in [0.29, 0.717) is 6.04 Å². The molecule has 2 heterocycles. The third-order valence-electron chi connectivity index (χ3n) is 2.93. The second kappa shape index (κ2) is 6.85. The number of thiophene rings is 2. The molecule has 2 aromatic heterocycles. The predicted octanol–water partition coefficient (Wildman–Crippen LogP) is 5.22. The van der Waals surface area contributed by atoms with Gasteiger partial charge in [-0.05, 0) is 63.8 Å². The third kappa shape index (κ3) is 3.05. The Kier molecular flexibility index (Phi) is 5.42. The molecular weight excluding hydrogens is 326 g/mol. The third-order valence-corrected chi connectivity index (χ3v) is 5.89. The lowest BCUT2D eigenvalue weighted by Crippen LogP contribution is -2.22. The van der Waals surface area contributed by atoms with E-state index in [1.54, 1.807) is 0 Å². The average molecular weight is 344 g/mol. The largest absolute Gasteiger partial charge is 0.305 e. The maximum Gasteiger partial charge on any atom is 0.0779 e. The Morgan fingerprint density at radius 2 is 1.89 bits per heavy atom. The van der Waals surface area contributed by atoms with Gasteiger partial charge in [0.1, 0.15) is 0 Å². The average Bonchev–Trinajstić information content (AvgIpc) is 2.99. The van der Waals surface area contributed by atoms with Crippen molar-refractivity contribution in [2.75, 3.05) is 6.54 Å². The summed E-state index contributed by atoms with van der Waals surface area (Å²) in [5, 5.41) is 8.04. The van der Waals surface area contributed by atoms with Crippen LogP contribution in [0.4, 0.5) is 0 Å². The van der Waals surface area contributed by atoms with Crippen LogP contribution in [0.3, 0.4) is 0 Å². The molecule has 0 fully saturated rings. The summed E-state index contributed by atoms with van der Waals surface area (Å²) in [4.78, 5) is 2.86. The standard InChI is InChI=1S/C14H18BrNS2/c1-3-7-16-12(14-11(15)6-9-18-14)13-10(4-2)5-8-17-13/h5-6,8-9,12,16H,3-4,7H2,1-2H3. The molecule has 2 aromatic rings. The molecule has 0 saturated carbocycles. The Bertz CT molecular complexity index is 489. The quantitative estimate of drug-likeness (QED) is 0.757. The highest BCUT2D eigenvalue weighted by atomic mass is 79.9. The van der Waals surface area contributed by atoms with Crippen LogP contribution in [-0.2, 0) is 6.42 Å². The van der Waals surface area contributed by atoms with Crippen LogP contribution in [0.25, 0.3) is 0 Å². The molecule has 0 spiro atoms. The zero-order chi connectivity index (χ0) is 13.0. The van der Waals surface area contributed by atoms with Gasteiger partial charge in [0, 0.05) is 14.2 Å². The van der Waals surface area contributed by atoms with Gasteiger partial charge in [0.25, 0.3) is 0 Å². The number of nitrogens with one attached hydrogen (secondary N) is 1. The molecule has 1 atom stereocenters. The van der Waals surface area contributed by atoms with E-state index in [9.17, 15) is 0 Å². The summed E-state index contributed by atoms with van der Waals surface area (Å²) < 4.78 is 1.22. The molecule has 1 nitrogen and oxygen atoms in total. The molecule has 1 unspecified atom stereocenters. The Morgan fingerprint density at radius 3 is 2.50 bits per heavy atom. The van der Waals surface area contributed by atoms with Gasteiger partial charge >= 0.3 is 0 Å². The summed E-state index contributed by atoms with van der Waals surface area (Å²) in [6.45, 7) is 5.49. The Labute approximate surface area is 125 Å². The molecule has 0 aliphatic carbocycles. The second-order valence-electron chi connectivity index (χ2n) is 4.18. The van der Waals surface area contributed by atoms with E-state index in [0.717, 1.165) is 19.4 Å². The topological polar surface area (TPSA) is 12.0 Å². The molecule has 4 heteroatoms. The summed E-state index contributed by atoms with van der Waals surface area (Å²) in [5.74, 6) is 0. The number of rotatable bonds is 6. The van der Waals surface area contributed by atoms with Gasteiger partial charge in [-0.3, -0.25) is 0 Å². The van der Waals surface area contributed by atoms with E-state index < -0.39 is 0 Å². The van der Waals surface area contributed by atoms with E-state index in [2.05, 4.69) is 58.0 Å². The van der Waals surface area contributed by atoms with Gasteiger partial charge in [0.2, 0.25) is 0 Å². The molecule has 98 valence electrons. The van der Waals surface area contributed by atoms with Crippen LogP contribution in [0.5, 0.6) is 0 Å². The fourth-order valence-corrected chi connectivity index (χ4v) is 4.84. The molecule has 18 heavy (non-hydrogen) atoms. The number of hydrogen-bond donors (Lipinski definition) is 1. The first kappa shape index (κ1) is 14.3. The fourth-order valence-electron chi connectivity index (χ4n) is 2.00. The lowest BCUT2D eigenvalue weighted by Gasteiger charge is -2.18. The number of halogens is 1. The van der Waals surface area contributed by atoms with Crippen LogP contribution in [0.2, 0.25) is 0 Å². The van der Waals surface area contributed by atoms with Gasteiger partial charge < -0.3 is 5.32 Å². The molecule has 0 amide bonds. The van der Waals surface area contributed by atoms with Gasteiger partial charge in [-0.1, -0.05) is 13.8 Å². The monoisotopic (exact) mass is 343 g/mol. The first-order chi connectivity index (χ1) is 8.77. The smallest absolute Gasteiger partial charge is 0.0779 e. The second-order valence-corrected chi connectivity index (χ2v) is 6.93. The van der Waals surface area contributed by atoms with Crippen molar-refractivity contribution in [3.63, 3.8) is 0 Å². The first-order valence-corrected chi connectivity index (χ1v) is 8.85. The van der Waals surface area contributed by atoms with E-state index in [1.165, 1.54) is 19.8 Å². The molecule has 0 aromatic carbocycles. The Balaban J connectivity index is 2.34. The molecule has 1 N–H and O–H groups in total. The van der Waals surface area contributed by atoms with E-state index in [1.807, 2.05) is 22.7 Å². The molecule has 0 radical (unpaired) electrons. The minimum Gasteiger partial charge on any atom is -0.305 e. The summed E-state index contributed by atoms with van der Waals surface area (Å²) in [5.41, 5.74) is 1.47. The molecular formula is C14H18BrNS2. The van der Waals surface area contributed by atoms with Crippen LogP contribution in [0.15, 0.2) is 27.4 Å². The molecule has 0 bridgehead atoms. The minimum absolute atomic E-state index is 0.342. The van der Waals surface area contributed by atoms with Gasteiger partial charge in [0.05, 0.1) is 6.04 Å². The van der Waals surface area contributed by atoms with Crippen molar-refractivity contribution in [3.05, 3.63) is 42.7 Å². The van der Waals surface area contributed by atoms with Crippen molar-refractivity contribution in [1.82, 2.24) is 5.32 Å². The van der Waals surface area contributed by atoms with Crippen molar-refractivity contribution in [2.45, 2.75) is 32.7 Å². The van der Waals surface area contributed by atoms with Crippen molar-refractivity contribution in [2.24, 2.45) is 0 Å². The molecule has 0 aliphatic rings. The van der Waals surface area contributed by atoms with Crippen LogP contribution < -0.4 is 5.32 Å². The predicted molar refractivity (Wildman–Crippen MR) is 85.9 cm³/mol. The maximum atomic E-state index is 3.68. The molecule has 0 saturated heterocycles. The fraction of sp³-hybridized carbons (Fsp3) is 0.429. The lowest BCUT2D eigenvalue weighted by molar-refractivity contribution is 0.608. The number of aryl methyl sites for hydroxylation is 1. The normalized spacial score (nSPS) is 12.8. The van der Waals surface area contributed by atoms with Gasteiger partial charge in [0.15, 0.2) is 0 Å². The summed E-state index contributed by atoms with van der Waals surface area (Å²) in [7, 11) is 0. The Hall–Kier alpha value is -0.160. The van der Waals surface area contributed by atoms with Crippen LogP contribution in [-0.4, -0.2) is 6.54 Å². The highest BCUT2D eigenvalue weighted by molar-refractivity contribution is 9.10. The van der Waals surface area contributed by atoms with E-state index in [-0.39, 0.29) is 0 Å². The van der Waals surface area contributed by atoms with Crippen LogP contribution >= 0.6 is 38.6 Å². The van der Waals surface area contributed by atoms with E-state index in [4.69, 9.17) is 0 Å². The highest BCUT2D eigenvalue weighted by Crippen LogP contribution is 2.37. The number of hydrogen-bond acceptors (Lipinski definition) is 3. The van der Waals surface area contributed by atoms with E-state index >= 15 is 0 Å². The first-order valence-electron chi connectivity index (χ1n) is 6.30. The minimum atomic E-state index is 0.342. The zero-order valence-electron chi connectivity index (χ0n) is 10.7. The molecule has 2 rings (SSSR count). The van der Waals surface area contributed by atoms with Crippen LogP contribution in [0, 0.1) is 0 Å². The Morgan fingerprint density at radius 1 is 1.17 bits per heavy atom. The van der Waals surface area contributed by atoms with Gasteiger partial charge in [-0.25, -0.2) is 0 Å². The van der Waals surface area contributed by atoms with Gasteiger partial charge in [-0.2, -0.15) is 0 Å². The van der Waals surface area contributed by atoms with Crippen molar-refractivity contribution in [1.29, 1.82) is 0 Å². The van der Waals surface area contributed by atoms with Crippen molar-refractivity contribution >= 4 is 38.6 Å². The summed E-state index contributed by atoms with van der Waals surface area (Å²) >= 11 is 7.35. The maximum absolute atomic E-state index is 3.68. The SMILES string of the molecule is CCCNC(c1sccc1Br)c1sccc1CC. The highest BCUT2D eigenvalue weighted by Gasteiger charge is 2.20.